The van der Waals surface area contributed by atoms with E-state index in [0.29, 0.717) is 10.7 Å². The van der Waals surface area contributed by atoms with Gasteiger partial charge in [-0.05, 0) is 11.6 Å². The van der Waals surface area contributed by atoms with E-state index in [2.05, 4.69) is 15.2 Å². The van der Waals surface area contributed by atoms with Crippen molar-refractivity contribution in [2.24, 2.45) is 0 Å². The maximum Gasteiger partial charge on any atom is 0.327 e. The molecule has 2 aromatic rings. The minimum absolute atomic E-state index is 0.00309. The smallest absolute Gasteiger partial charge is 0.327 e. The van der Waals surface area contributed by atoms with Gasteiger partial charge in [0.2, 0.25) is 5.91 Å². The number of amides is 1. The summed E-state index contributed by atoms with van der Waals surface area (Å²) in [5.74, 6) is -0.618. The molecule has 0 saturated carbocycles. The molecule has 21 heavy (non-hydrogen) atoms. The second-order valence-corrected chi connectivity index (χ2v) is 4.73. The molecule has 0 fully saturated rings. The van der Waals surface area contributed by atoms with Crippen molar-refractivity contribution in [2.45, 2.75) is 13.0 Å². The molecule has 0 saturated heterocycles. The average molecular weight is 308 g/mol. The van der Waals surface area contributed by atoms with Gasteiger partial charge in [0.15, 0.2) is 0 Å². The molecule has 1 heterocycles. The van der Waals surface area contributed by atoms with Crippen molar-refractivity contribution < 1.29 is 14.3 Å². The van der Waals surface area contributed by atoms with Crippen LogP contribution < -0.4 is 5.32 Å². The lowest BCUT2D eigenvalue weighted by atomic mass is 10.1. The van der Waals surface area contributed by atoms with E-state index in [-0.39, 0.29) is 18.9 Å². The number of halogens is 1. The van der Waals surface area contributed by atoms with E-state index >= 15 is 0 Å². The second-order valence-electron chi connectivity index (χ2n) is 4.32. The Hall–Kier alpha value is -2.34. The monoisotopic (exact) mass is 307 g/mol. The Bertz CT molecular complexity index is 654. The lowest BCUT2D eigenvalue weighted by Gasteiger charge is -2.04. The Balaban J connectivity index is 1.94. The molecule has 7 heteroatoms. The summed E-state index contributed by atoms with van der Waals surface area (Å²) in [7, 11) is 1.30. The van der Waals surface area contributed by atoms with Crippen LogP contribution in [-0.2, 0) is 27.3 Å². The summed E-state index contributed by atoms with van der Waals surface area (Å²) < 4.78 is 5.92. The number of hydrogen-bond donors (Lipinski definition) is 1. The molecule has 1 aromatic heterocycles. The van der Waals surface area contributed by atoms with Crippen LogP contribution in [0.1, 0.15) is 5.56 Å². The average Bonchev–Trinajstić information content (AvgIpc) is 2.88. The summed E-state index contributed by atoms with van der Waals surface area (Å²) in [4.78, 5) is 23.0. The normalized spacial score (nSPS) is 10.2. The van der Waals surface area contributed by atoms with Gasteiger partial charge in [0.25, 0.3) is 0 Å². The van der Waals surface area contributed by atoms with E-state index in [9.17, 15) is 9.59 Å². The molecule has 1 N–H and O–H groups in total. The lowest BCUT2D eigenvalue weighted by molar-refractivity contribution is -0.141. The number of carbonyl (C=O) groups is 2. The summed E-state index contributed by atoms with van der Waals surface area (Å²) in [6.07, 6.45) is 3.19. The number of carbonyl (C=O) groups excluding carboxylic acids is 2. The van der Waals surface area contributed by atoms with Crippen molar-refractivity contribution in [3.63, 3.8) is 0 Å². The summed E-state index contributed by atoms with van der Waals surface area (Å²) in [5, 5.41) is 7.20. The van der Waals surface area contributed by atoms with Gasteiger partial charge in [0, 0.05) is 11.2 Å². The van der Waals surface area contributed by atoms with Gasteiger partial charge in [-0.2, -0.15) is 5.10 Å². The zero-order chi connectivity index (χ0) is 15.2. The largest absolute Gasteiger partial charge is 0.468 e. The van der Waals surface area contributed by atoms with Crippen LogP contribution in [0.15, 0.2) is 36.7 Å². The molecule has 0 bridgehead atoms. The SMILES string of the molecule is COC(=O)Cn1cc(NC(=O)Cc2ccccc2Cl)cn1. The number of esters is 1. The van der Waals surface area contributed by atoms with Gasteiger partial charge in [-0.1, -0.05) is 29.8 Å². The number of nitrogens with zero attached hydrogens (tertiary/aromatic N) is 2. The van der Waals surface area contributed by atoms with Gasteiger partial charge in [0.05, 0.1) is 25.4 Å². The summed E-state index contributed by atoms with van der Waals surface area (Å²) in [5.41, 5.74) is 1.26. The third-order valence-electron chi connectivity index (χ3n) is 2.74. The van der Waals surface area contributed by atoms with Crippen molar-refractivity contribution in [2.75, 3.05) is 12.4 Å². The molecule has 0 aliphatic carbocycles. The Kier molecular flexibility index (Phi) is 4.94. The van der Waals surface area contributed by atoms with Crippen LogP contribution in [0, 0.1) is 0 Å². The lowest BCUT2D eigenvalue weighted by Crippen LogP contribution is -2.14. The molecule has 0 spiro atoms. The van der Waals surface area contributed by atoms with Crippen LogP contribution in [0.25, 0.3) is 0 Å². The number of aromatic nitrogens is 2. The van der Waals surface area contributed by atoms with E-state index in [1.54, 1.807) is 24.4 Å². The predicted octanol–water partition coefficient (Wildman–Crippen LogP) is 1.89. The van der Waals surface area contributed by atoms with Crippen LogP contribution in [0.4, 0.5) is 5.69 Å². The minimum atomic E-state index is -0.410. The Labute approximate surface area is 126 Å². The van der Waals surface area contributed by atoms with E-state index < -0.39 is 5.97 Å². The summed E-state index contributed by atoms with van der Waals surface area (Å²) >= 11 is 6.00. The fourth-order valence-corrected chi connectivity index (χ4v) is 1.93. The predicted molar refractivity (Wildman–Crippen MR) is 78.0 cm³/mol. The molecule has 1 amide bonds. The molecular formula is C14H14ClN3O3. The molecule has 0 radical (unpaired) electrons. The zero-order valence-corrected chi connectivity index (χ0v) is 12.1. The number of rotatable bonds is 5. The van der Waals surface area contributed by atoms with Crippen LogP contribution in [0.3, 0.4) is 0 Å². The molecule has 0 aliphatic heterocycles. The first-order valence-electron chi connectivity index (χ1n) is 6.21. The fraction of sp³-hybridized carbons (Fsp3) is 0.214. The van der Waals surface area contributed by atoms with Gasteiger partial charge in [-0.3, -0.25) is 14.3 Å². The van der Waals surface area contributed by atoms with Gasteiger partial charge in [0.1, 0.15) is 6.54 Å². The molecule has 6 nitrogen and oxygen atoms in total. The molecule has 0 aliphatic rings. The van der Waals surface area contributed by atoms with Crippen molar-refractivity contribution in [1.82, 2.24) is 9.78 Å². The van der Waals surface area contributed by atoms with Crippen LogP contribution in [0.5, 0.6) is 0 Å². The fourth-order valence-electron chi connectivity index (χ4n) is 1.73. The molecular weight excluding hydrogens is 294 g/mol. The molecule has 2 rings (SSSR count). The Morgan fingerprint density at radius 1 is 1.38 bits per heavy atom. The third kappa shape index (κ3) is 4.32. The Morgan fingerprint density at radius 2 is 2.14 bits per heavy atom. The molecule has 110 valence electrons. The van der Waals surface area contributed by atoms with E-state index in [1.807, 2.05) is 6.07 Å². The quantitative estimate of drug-likeness (QED) is 0.856. The zero-order valence-electron chi connectivity index (χ0n) is 11.4. The van der Waals surface area contributed by atoms with E-state index in [1.165, 1.54) is 18.0 Å². The highest BCUT2D eigenvalue weighted by atomic mass is 35.5. The number of methoxy groups -OCH3 is 1. The second kappa shape index (κ2) is 6.90. The minimum Gasteiger partial charge on any atom is -0.468 e. The Morgan fingerprint density at radius 3 is 2.86 bits per heavy atom. The van der Waals surface area contributed by atoms with Crippen molar-refractivity contribution in [3.05, 3.63) is 47.2 Å². The number of nitrogens with one attached hydrogen (secondary N) is 1. The highest BCUT2D eigenvalue weighted by molar-refractivity contribution is 6.31. The maximum absolute atomic E-state index is 11.9. The number of benzene rings is 1. The van der Waals surface area contributed by atoms with Crippen LogP contribution in [0.2, 0.25) is 5.02 Å². The highest BCUT2D eigenvalue weighted by Crippen LogP contribution is 2.16. The first kappa shape index (κ1) is 15.1. The van der Waals surface area contributed by atoms with Crippen LogP contribution in [-0.4, -0.2) is 28.8 Å². The standard InChI is InChI=1S/C14H14ClN3O3/c1-21-14(20)9-18-8-11(7-16-18)17-13(19)6-10-4-2-3-5-12(10)15/h2-5,7-8H,6,9H2,1H3,(H,17,19). The summed E-state index contributed by atoms with van der Waals surface area (Å²) in [6, 6.07) is 7.16. The van der Waals surface area contributed by atoms with Gasteiger partial charge < -0.3 is 10.1 Å². The highest BCUT2D eigenvalue weighted by Gasteiger charge is 2.09. The van der Waals surface area contributed by atoms with E-state index in [4.69, 9.17) is 11.6 Å². The van der Waals surface area contributed by atoms with Crippen molar-refractivity contribution in [3.8, 4) is 0 Å². The maximum atomic E-state index is 11.9. The first-order chi connectivity index (χ1) is 10.1. The first-order valence-corrected chi connectivity index (χ1v) is 6.59. The molecule has 0 atom stereocenters. The van der Waals surface area contributed by atoms with Gasteiger partial charge in [-0.15, -0.1) is 0 Å². The number of ether oxygens (including phenoxy) is 1. The van der Waals surface area contributed by atoms with Gasteiger partial charge >= 0.3 is 5.97 Å². The van der Waals surface area contributed by atoms with Gasteiger partial charge in [-0.25, -0.2) is 0 Å². The number of anilines is 1. The van der Waals surface area contributed by atoms with Crippen molar-refractivity contribution in [1.29, 1.82) is 0 Å². The summed E-state index contributed by atoms with van der Waals surface area (Å²) in [6.45, 7) is -0.00309. The third-order valence-corrected chi connectivity index (χ3v) is 3.11. The topological polar surface area (TPSA) is 73.2 Å². The van der Waals surface area contributed by atoms with Crippen LogP contribution >= 0.6 is 11.6 Å². The number of hydrogen-bond acceptors (Lipinski definition) is 4. The van der Waals surface area contributed by atoms with Crippen molar-refractivity contribution >= 4 is 29.2 Å². The molecule has 1 aromatic carbocycles. The van der Waals surface area contributed by atoms with E-state index in [0.717, 1.165) is 5.56 Å². The molecule has 0 unspecified atom stereocenters.